The lowest BCUT2D eigenvalue weighted by atomic mass is 10.1. The molecule has 4 aromatic rings. The summed E-state index contributed by atoms with van der Waals surface area (Å²) in [5.41, 5.74) is 2.28. The van der Waals surface area contributed by atoms with Gasteiger partial charge in [-0.2, -0.15) is 0 Å². The average Bonchev–Trinajstić information content (AvgIpc) is 2.99. The van der Waals surface area contributed by atoms with Crippen LogP contribution in [-0.2, 0) is 21.0 Å². The molecule has 5 rings (SSSR count). The zero-order valence-corrected chi connectivity index (χ0v) is 21.8. The summed E-state index contributed by atoms with van der Waals surface area (Å²) < 4.78 is 11.3. The Balaban J connectivity index is 1.22. The SMILES string of the molecule is O=C(COc1ccc(/C=C2\C(=O)NC(=O)N(c3ccc(OCc4ccccc4)cc3)C2=O)cc1)Nc1ccccc1. The molecule has 0 spiro atoms. The van der Waals surface area contributed by atoms with Crippen LogP contribution in [0.2, 0.25) is 0 Å². The number of hydrogen-bond acceptors (Lipinski definition) is 6. The number of anilines is 2. The molecule has 9 nitrogen and oxygen atoms in total. The molecular weight excluding hydrogens is 522 g/mol. The highest BCUT2D eigenvalue weighted by atomic mass is 16.5. The molecule has 204 valence electrons. The fourth-order valence-corrected chi connectivity index (χ4v) is 4.02. The van der Waals surface area contributed by atoms with E-state index in [1.165, 1.54) is 6.08 Å². The Morgan fingerprint density at radius 2 is 1.37 bits per heavy atom. The predicted octanol–water partition coefficient (Wildman–Crippen LogP) is 4.95. The number of carbonyl (C=O) groups is 4. The van der Waals surface area contributed by atoms with Gasteiger partial charge in [0.05, 0.1) is 5.69 Å². The van der Waals surface area contributed by atoms with Crippen molar-refractivity contribution in [2.45, 2.75) is 6.61 Å². The van der Waals surface area contributed by atoms with E-state index in [0.29, 0.717) is 29.4 Å². The maximum Gasteiger partial charge on any atom is 0.335 e. The average molecular weight is 548 g/mol. The molecule has 0 atom stereocenters. The van der Waals surface area contributed by atoms with Crippen molar-refractivity contribution in [3.8, 4) is 11.5 Å². The van der Waals surface area contributed by atoms with Gasteiger partial charge in [0.2, 0.25) is 0 Å². The quantitative estimate of drug-likeness (QED) is 0.226. The minimum absolute atomic E-state index is 0.191. The first-order chi connectivity index (χ1) is 20.0. The molecule has 41 heavy (non-hydrogen) atoms. The summed E-state index contributed by atoms with van der Waals surface area (Å²) in [6.45, 7) is 0.179. The van der Waals surface area contributed by atoms with Gasteiger partial charge in [0.15, 0.2) is 6.61 Å². The van der Waals surface area contributed by atoms with Crippen LogP contribution in [0.3, 0.4) is 0 Å². The van der Waals surface area contributed by atoms with Gasteiger partial charge in [0.1, 0.15) is 23.7 Å². The molecule has 0 radical (unpaired) electrons. The van der Waals surface area contributed by atoms with Gasteiger partial charge in [-0.05, 0) is 65.7 Å². The molecule has 9 heteroatoms. The molecule has 1 fully saturated rings. The summed E-state index contributed by atoms with van der Waals surface area (Å²) in [6, 6.07) is 30.8. The number of nitrogens with one attached hydrogen (secondary N) is 2. The van der Waals surface area contributed by atoms with Gasteiger partial charge in [-0.3, -0.25) is 19.7 Å². The Morgan fingerprint density at radius 3 is 2.05 bits per heavy atom. The van der Waals surface area contributed by atoms with Crippen LogP contribution in [0.25, 0.3) is 6.08 Å². The second kappa shape index (κ2) is 12.4. The second-order valence-electron chi connectivity index (χ2n) is 9.00. The van der Waals surface area contributed by atoms with Gasteiger partial charge < -0.3 is 14.8 Å². The van der Waals surface area contributed by atoms with E-state index in [1.807, 2.05) is 48.5 Å². The van der Waals surface area contributed by atoms with Gasteiger partial charge in [-0.25, -0.2) is 9.69 Å². The number of amides is 5. The normalized spacial score (nSPS) is 14.0. The Bertz CT molecular complexity index is 1580. The molecule has 1 aliphatic heterocycles. The number of imide groups is 2. The van der Waals surface area contributed by atoms with Crippen molar-refractivity contribution in [1.29, 1.82) is 0 Å². The first kappa shape index (κ1) is 26.9. The molecule has 0 unspecified atom stereocenters. The maximum absolute atomic E-state index is 13.2. The highest BCUT2D eigenvalue weighted by Crippen LogP contribution is 2.25. The first-order valence-corrected chi connectivity index (χ1v) is 12.7. The van der Waals surface area contributed by atoms with Crippen molar-refractivity contribution < 1.29 is 28.7 Å². The predicted molar refractivity (Wildman–Crippen MR) is 153 cm³/mol. The van der Waals surface area contributed by atoms with Crippen LogP contribution in [0.5, 0.6) is 11.5 Å². The molecule has 0 saturated carbocycles. The summed E-state index contributed by atoms with van der Waals surface area (Å²) in [4.78, 5) is 51.3. The number of rotatable bonds is 9. The van der Waals surface area contributed by atoms with Crippen LogP contribution >= 0.6 is 0 Å². The van der Waals surface area contributed by atoms with Gasteiger partial charge in [-0.1, -0.05) is 60.7 Å². The third-order valence-corrected chi connectivity index (χ3v) is 6.06. The monoisotopic (exact) mass is 547 g/mol. The van der Waals surface area contributed by atoms with E-state index in [2.05, 4.69) is 10.6 Å². The van der Waals surface area contributed by atoms with Crippen LogP contribution in [0.4, 0.5) is 16.2 Å². The third kappa shape index (κ3) is 6.85. The number of para-hydroxylation sites is 1. The van der Waals surface area contributed by atoms with Crippen LogP contribution in [0.15, 0.2) is 115 Å². The Labute approximate surface area is 236 Å². The summed E-state index contributed by atoms with van der Waals surface area (Å²) >= 11 is 0. The van der Waals surface area contributed by atoms with E-state index in [4.69, 9.17) is 9.47 Å². The lowest BCUT2D eigenvalue weighted by Gasteiger charge is -2.26. The number of barbiturate groups is 1. The molecule has 1 heterocycles. The number of hydrogen-bond donors (Lipinski definition) is 2. The van der Waals surface area contributed by atoms with E-state index in [0.717, 1.165) is 10.5 Å². The Hall–Kier alpha value is -5.70. The van der Waals surface area contributed by atoms with E-state index >= 15 is 0 Å². The first-order valence-electron chi connectivity index (χ1n) is 12.7. The molecule has 0 aromatic heterocycles. The molecule has 1 saturated heterocycles. The number of carbonyl (C=O) groups excluding carboxylic acids is 4. The van der Waals surface area contributed by atoms with Gasteiger partial charge in [0, 0.05) is 5.69 Å². The molecule has 0 aliphatic carbocycles. The molecular formula is C32H25N3O6. The lowest BCUT2D eigenvalue weighted by molar-refractivity contribution is -0.122. The highest BCUT2D eigenvalue weighted by molar-refractivity contribution is 6.39. The van der Waals surface area contributed by atoms with E-state index in [-0.39, 0.29) is 23.8 Å². The number of ether oxygens (including phenoxy) is 2. The fourth-order valence-electron chi connectivity index (χ4n) is 4.02. The minimum Gasteiger partial charge on any atom is -0.489 e. The van der Waals surface area contributed by atoms with Crippen LogP contribution in [0.1, 0.15) is 11.1 Å². The molecule has 4 aromatic carbocycles. The summed E-state index contributed by atoms with van der Waals surface area (Å²) in [5.74, 6) is -0.866. The molecule has 1 aliphatic rings. The number of urea groups is 1. The summed E-state index contributed by atoms with van der Waals surface area (Å²) in [6.07, 6.45) is 1.39. The van der Waals surface area contributed by atoms with E-state index < -0.39 is 17.8 Å². The van der Waals surface area contributed by atoms with Gasteiger partial charge in [-0.15, -0.1) is 0 Å². The summed E-state index contributed by atoms with van der Waals surface area (Å²) in [5, 5.41) is 4.94. The Kier molecular flexibility index (Phi) is 8.16. The van der Waals surface area contributed by atoms with Crippen LogP contribution < -0.4 is 25.0 Å². The topological polar surface area (TPSA) is 114 Å². The lowest BCUT2D eigenvalue weighted by Crippen LogP contribution is -2.54. The van der Waals surface area contributed by atoms with Crippen molar-refractivity contribution in [2.24, 2.45) is 0 Å². The maximum atomic E-state index is 13.2. The smallest absolute Gasteiger partial charge is 0.335 e. The zero-order valence-electron chi connectivity index (χ0n) is 21.8. The van der Waals surface area contributed by atoms with E-state index in [1.54, 1.807) is 60.7 Å². The van der Waals surface area contributed by atoms with Crippen molar-refractivity contribution >= 4 is 41.2 Å². The fraction of sp³-hybridized carbons (Fsp3) is 0.0625. The number of nitrogens with zero attached hydrogens (tertiary/aromatic N) is 1. The third-order valence-electron chi connectivity index (χ3n) is 6.06. The molecule has 2 N–H and O–H groups in total. The Morgan fingerprint density at radius 1 is 0.756 bits per heavy atom. The summed E-state index contributed by atoms with van der Waals surface area (Å²) in [7, 11) is 0. The standard InChI is InChI=1S/C32H25N3O6/c36-29(33-24-9-5-2-6-10-24)21-41-26-15-11-22(12-16-26)19-28-30(37)34-32(39)35(31(28)38)25-13-17-27(18-14-25)40-20-23-7-3-1-4-8-23/h1-19H,20-21H2,(H,33,36)(H,34,37,39)/b28-19+. The van der Waals surface area contributed by atoms with Crippen molar-refractivity contribution in [3.63, 3.8) is 0 Å². The van der Waals surface area contributed by atoms with Gasteiger partial charge >= 0.3 is 6.03 Å². The highest BCUT2D eigenvalue weighted by Gasteiger charge is 2.36. The largest absolute Gasteiger partial charge is 0.489 e. The van der Waals surface area contributed by atoms with Crippen molar-refractivity contribution in [3.05, 3.63) is 126 Å². The minimum atomic E-state index is -0.840. The van der Waals surface area contributed by atoms with Crippen LogP contribution in [0, 0.1) is 0 Å². The van der Waals surface area contributed by atoms with E-state index in [9.17, 15) is 19.2 Å². The second-order valence-corrected chi connectivity index (χ2v) is 9.00. The van der Waals surface area contributed by atoms with Gasteiger partial charge in [0.25, 0.3) is 17.7 Å². The number of benzene rings is 4. The van der Waals surface area contributed by atoms with Crippen molar-refractivity contribution in [2.75, 3.05) is 16.8 Å². The van der Waals surface area contributed by atoms with Crippen LogP contribution in [-0.4, -0.2) is 30.4 Å². The zero-order chi connectivity index (χ0) is 28.6. The van der Waals surface area contributed by atoms with Crippen molar-refractivity contribution in [1.82, 2.24) is 5.32 Å². The molecule has 0 bridgehead atoms. The molecule has 5 amide bonds.